The number of pyridine rings is 2. The maximum absolute atomic E-state index is 13.3. The van der Waals surface area contributed by atoms with E-state index < -0.39 is 0 Å². The Kier molecular flexibility index (Phi) is 4.78. The molecule has 5 heterocycles. The summed E-state index contributed by atoms with van der Waals surface area (Å²) in [5.74, 6) is 1.22. The number of likely N-dealkylation sites (tertiary alicyclic amines) is 1. The maximum Gasteiger partial charge on any atom is 0.259 e. The van der Waals surface area contributed by atoms with Crippen LogP contribution in [-0.4, -0.2) is 49.2 Å². The second-order valence-corrected chi connectivity index (χ2v) is 7.60. The summed E-state index contributed by atoms with van der Waals surface area (Å²) in [6, 6.07) is 7.56. The van der Waals surface area contributed by atoms with Crippen molar-refractivity contribution >= 4 is 5.91 Å². The molecule has 0 aromatic carbocycles. The molecule has 1 saturated heterocycles. The van der Waals surface area contributed by atoms with Crippen LogP contribution in [0.4, 0.5) is 0 Å². The molecule has 1 aliphatic rings. The summed E-state index contributed by atoms with van der Waals surface area (Å²) in [5.41, 5.74) is 2.94. The fourth-order valence-electron chi connectivity index (χ4n) is 4.10. The Hall–Kier alpha value is -3.88. The third-order valence-electron chi connectivity index (χ3n) is 5.66. The van der Waals surface area contributed by atoms with Crippen LogP contribution in [0.2, 0.25) is 0 Å². The first-order chi connectivity index (χ1) is 15.1. The van der Waals surface area contributed by atoms with Crippen molar-refractivity contribution in [2.45, 2.75) is 25.7 Å². The highest BCUT2D eigenvalue weighted by atomic mass is 16.5. The number of hydrogen-bond acceptors (Lipinski definition) is 8. The molecular formula is C22H20N6O3. The average molecular weight is 416 g/mol. The Morgan fingerprint density at radius 1 is 1.00 bits per heavy atom. The summed E-state index contributed by atoms with van der Waals surface area (Å²) in [5, 5.41) is 8.07. The van der Waals surface area contributed by atoms with Crippen LogP contribution in [-0.2, 0) is 0 Å². The summed E-state index contributed by atoms with van der Waals surface area (Å²) >= 11 is 0. The van der Waals surface area contributed by atoms with E-state index in [0.717, 1.165) is 11.1 Å². The SMILES string of the molecule is Cc1noc(C)c1C(=O)N1CC(c2cccnc2)C(c2nc(-c3ccncc3)no2)C1. The third kappa shape index (κ3) is 3.48. The molecule has 4 aromatic rings. The molecule has 2 atom stereocenters. The first kappa shape index (κ1) is 19.1. The van der Waals surface area contributed by atoms with Gasteiger partial charge in [0.05, 0.1) is 11.6 Å². The van der Waals surface area contributed by atoms with Gasteiger partial charge in [0.1, 0.15) is 11.3 Å². The van der Waals surface area contributed by atoms with E-state index in [2.05, 4.69) is 25.3 Å². The minimum absolute atomic E-state index is 0.0242. The highest BCUT2D eigenvalue weighted by molar-refractivity contribution is 5.96. The molecule has 156 valence electrons. The van der Waals surface area contributed by atoms with E-state index in [0.29, 0.717) is 41.8 Å². The molecule has 9 heteroatoms. The van der Waals surface area contributed by atoms with Gasteiger partial charge in [0.25, 0.3) is 5.91 Å². The molecule has 1 aliphatic heterocycles. The number of aromatic nitrogens is 5. The zero-order valence-electron chi connectivity index (χ0n) is 17.1. The first-order valence-electron chi connectivity index (χ1n) is 9.98. The summed E-state index contributed by atoms with van der Waals surface area (Å²) in [6.07, 6.45) is 6.92. The van der Waals surface area contributed by atoms with Crippen LogP contribution < -0.4 is 0 Å². The number of rotatable bonds is 4. The average Bonchev–Trinajstić information content (AvgIpc) is 3.53. The molecule has 1 amide bonds. The lowest BCUT2D eigenvalue weighted by Crippen LogP contribution is -2.29. The van der Waals surface area contributed by atoms with Gasteiger partial charge in [0, 0.05) is 49.4 Å². The molecule has 0 aliphatic carbocycles. The minimum atomic E-state index is -0.156. The Morgan fingerprint density at radius 3 is 2.52 bits per heavy atom. The third-order valence-corrected chi connectivity index (χ3v) is 5.66. The van der Waals surface area contributed by atoms with Gasteiger partial charge in [0.15, 0.2) is 0 Å². The van der Waals surface area contributed by atoms with Crippen LogP contribution in [0.15, 0.2) is 58.1 Å². The number of aryl methyl sites for hydroxylation is 2. The van der Waals surface area contributed by atoms with E-state index in [9.17, 15) is 4.79 Å². The Bertz CT molecular complexity index is 1180. The minimum Gasteiger partial charge on any atom is -0.361 e. The highest BCUT2D eigenvalue weighted by Crippen LogP contribution is 2.40. The smallest absolute Gasteiger partial charge is 0.259 e. The monoisotopic (exact) mass is 416 g/mol. The van der Waals surface area contributed by atoms with Gasteiger partial charge in [-0.15, -0.1) is 0 Å². The van der Waals surface area contributed by atoms with E-state index >= 15 is 0 Å². The van der Waals surface area contributed by atoms with Crippen molar-refractivity contribution < 1.29 is 13.8 Å². The van der Waals surface area contributed by atoms with Crippen molar-refractivity contribution in [3.8, 4) is 11.4 Å². The zero-order chi connectivity index (χ0) is 21.4. The highest BCUT2D eigenvalue weighted by Gasteiger charge is 2.41. The van der Waals surface area contributed by atoms with E-state index in [4.69, 9.17) is 9.05 Å². The van der Waals surface area contributed by atoms with Crippen molar-refractivity contribution in [1.82, 2.24) is 30.2 Å². The normalized spacial score (nSPS) is 18.5. The van der Waals surface area contributed by atoms with E-state index in [1.807, 2.05) is 30.5 Å². The molecule has 0 saturated carbocycles. The Balaban J connectivity index is 1.49. The van der Waals surface area contributed by atoms with Gasteiger partial charge in [-0.3, -0.25) is 14.8 Å². The summed E-state index contributed by atoms with van der Waals surface area (Å²) in [6.45, 7) is 4.47. The van der Waals surface area contributed by atoms with Gasteiger partial charge in [0.2, 0.25) is 11.7 Å². The van der Waals surface area contributed by atoms with Gasteiger partial charge in [-0.05, 0) is 37.6 Å². The van der Waals surface area contributed by atoms with E-state index in [1.165, 1.54) is 0 Å². The maximum atomic E-state index is 13.3. The molecule has 0 radical (unpaired) electrons. The largest absolute Gasteiger partial charge is 0.361 e. The van der Waals surface area contributed by atoms with Crippen LogP contribution in [0.25, 0.3) is 11.4 Å². The van der Waals surface area contributed by atoms with Crippen LogP contribution in [0.3, 0.4) is 0 Å². The van der Waals surface area contributed by atoms with Crippen molar-refractivity contribution in [3.05, 3.63) is 77.5 Å². The number of carbonyl (C=O) groups is 1. The number of amides is 1. The zero-order valence-corrected chi connectivity index (χ0v) is 17.1. The lowest BCUT2D eigenvalue weighted by atomic mass is 9.90. The quantitative estimate of drug-likeness (QED) is 0.499. The molecule has 4 aromatic heterocycles. The second-order valence-electron chi connectivity index (χ2n) is 7.60. The number of hydrogen-bond donors (Lipinski definition) is 0. The topological polar surface area (TPSA) is 111 Å². The molecule has 0 N–H and O–H groups in total. The van der Waals surface area contributed by atoms with Crippen molar-refractivity contribution in [2.24, 2.45) is 0 Å². The second kappa shape index (κ2) is 7.75. The lowest BCUT2D eigenvalue weighted by molar-refractivity contribution is 0.0785. The van der Waals surface area contributed by atoms with Gasteiger partial charge >= 0.3 is 0 Å². The summed E-state index contributed by atoms with van der Waals surface area (Å²) < 4.78 is 10.8. The van der Waals surface area contributed by atoms with Gasteiger partial charge in [-0.1, -0.05) is 16.4 Å². The fourth-order valence-corrected chi connectivity index (χ4v) is 4.10. The van der Waals surface area contributed by atoms with Gasteiger partial charge in [-0.25, -0.2) is 0 Å². The number of carbonyl (C=O) groups excluding carboxylic acids is 1. The standard InChI is InChI=1S/C22H20N6O3/c1-13-19(14(2)30-26-13)22(29)28-11-17(16-4-3-7-24-10-16)18(12-28)21-25-20(27-31-21)15-5-8-23-9-6-15/h3-10,17-18H,11-12H2,1-2H3. The van der Waals surface area contributed by atoms with Gasteiger partial charge in [-0.2, -0.15) is 4.98 Å². The van der Waals surface area contributed by atoms with Crippen molar-refractivity contribution in [2.75, 3.05) is 13.1 Å². The molecule has 2 unspecified atom stereocenters. The van der Waals surface area contributed by atoms with Crippen LogP contribution in [0, 0.1) is 13.8 Å². The Morgan fingerprint density at radius 2 is 1.81 bits per heavy atom. The summed E-state index contributed by atoms with van der Waals surface area (Å²) in [4.78, 5) is 28.0. The van der Waals surface area contributed by atoms with Crippen LogP contribution >= 0.6 is 0 Å². The Labute approximate surface area is 178 Å². The molecule has 5 rings (SSSR count). The molecule has 1 fully saturated rings. The molecule has 0 bridgehead atoms. The van der Waals surface area contributed by atoms with E-state index in [1.54, 1.807) is 37.3 Å². The van der Waals surface area contributed by atoms with Gasteiger partial charge < -0.3 is 13.9 Å². The molecular weight excluding hydrogens is 396 g/mol. The molecule has 31 heavy (non-hydrogen) atoms. The van der Waals surface area contributed by atoms with Crippen LogP contribution in [0.5, 0.6) is 0 Å². The van der Waals surface area contributed by atoms with E-state index in [-0.39, 0.29) is 17.7 Å². The fraction of sp³-hybridized carbons (Fsp3) is 0.273. The van der Waals surface area contributed by atoms with Crippen molar-refractivity contribution in [3.63, 3.8) is 0 Å². The number of nitrogens with zero attached hydrogens (tertiary/aromatic N) is 6. The predicted molar refractivity (Wildman–Crippen MR) is 109 cm³/mol. The lowest BCUT2D eigenvalue weighted by Gasteiger charge is -2.16. The van der Waals surface area contributed by atoms with Crippen LogP contribution in [0.1, 0.15) is 45.1 Å². The molecule has 9 nitrogen and oxygen atoms in total. The first-order valence-corrected chi connectivity index (χ1v) is 9.98. The predicted octanol–water partition coefficient (Wildman–Crippen LogP) is 3.15. The van der Waals surface area contributed by atoms with Crippen molar-refractivity contribution in [1.29, 1.82) is 0 Å². The summed E-state index contributed by atoms with van der Waals surface area (Å²) in [7, 11) is 0. The molecule has 0 spiro atoms.